The van der Waals surface area contributed by atoms with E-state index in [1.807, 2.05) is 6.07 Å². The van der Waals surface area contributed by atoms with Crippen LogP contribution in [-0.2, 0) is 0 Å². The van der Waals surface area contributed by atoms with Gasteiger partial charge < -0.3 is 10.6 Å². The normalized spacial score (nSPS) is 26.3. The topological polar surface area (TPSA) is 72.4 Å². The SMILES string of the molecule is Nc1cccc(N2CC3CCCC3C2)c1[N+](=O)[O-]. The first-order valence-electron chi connectivity index (χ1n) is 6.44. The number of nitrogens with zero attached hydrogens (tertiary/aromatic N) is 2. The Morgan fingerprint density at radius 2 is 1.94 bits per heavy atom. The lowest BCUT2D eigenvalue weighted by Gasteiger charge is -2.19. The maximum atomic E-state index is 11.1. The van der Waals surface area contributed by atoms with Crippen LogP contribution in [0.3, 0.4) is 0 Å². The Morgan fingerprint density at radius 1 is 1.28 bits per heavy atom. The number of fused-ring (bicyclic) bond motifs is 1. The highest BCUT2D eigenvalue weighted by molar-refractivity contribution is 5.75. The van der Waals surface area contributed by atoms with Gasteiger partial charge in [0, 0.05) is 13.1 Å². The molecule has 1 aromatic rings. The van der Waals surface area contributed by atoms with Gasteiger partial charge >= 0.3 is 5.69 Å². The summed E-state index contributed by atoms with van der Waals surface area (Å²) in [5, 5.41) is 11.1. The predicted molar refractivity (Wildman–Crippen MR) is 70.6 cm³/mol. The van der Waals surface area contributed by atoms with Crippen molar-refractivity contribution in [1.29, 1.82) is 0 Å². The molecule has 2 N–H and O–H groups in total. The van der Waals surface area contributed by atoms with Gasteiger partial charge in [0.2, 0.25) is 0 Å². The van der Waals surface area contributed by atoms with Crippen molar-refractivity contribution < 1.29 is 4.92 Å². The average molecular weight is 247 g/mol. The number of nitrogen functional groups attached to an aromatic ring is 1. The molecule has 1 heterocycles. The highest BCUT2D eigenvalue weighted by Gasteiger charge is 2.38. The number of para-hydroxylation sites is 1. The molecule has 2 aliphatic rings. The number of nitro groups is 1. The first-order chi connectivity index (χ1) is 8.66. The Kier molecular flexibility index (Phi) is 2.61. The lowest BCUT2D eigenvalue weighted by atomic mass is 10.0. The number of benzene rings is 1. The fraction of sp³-hybridized carbons (Fsp3) is 0.538. The van der Waals surface area contributed by atoms with Crippen LogP contribution < -0.4 is 10.6 Å². The molecule has 1 saturated heterocycles. The Bertz CT molecular complexity index is 477. The standard InChI is InChI=1S/C13H17N3O2/c14-11-5-2-6-12(13(11)16(17)18)15-7-9-3-1-4-10(9)8-15/h2,5-6,9-10H,1,3-4,7-8,14H2. The van der Waals surface area contributed by atoms with E-state index in [9.17, 15) is 10.1 Å². The Hall–Kier alpha value is -1.78. The number of anilines is 2. The average Bonchev–Trinajstić information content (AvgIpc) is 2.87. The molecule has 0 bridgehead atoms. The van der Waals surface area contributed by atoms with E-state index >= 15 is 0 Å². The molecule has 0 amide bonds. The lowest BCUT2D eigenvalue weighted by molar-refractivity contribution is -0.383. The van der Waals surface area contributed by atoms with Gasteiger partial charge in [0.1, 0.15) is 11.4 Å². The first kappa shape index (κ1) is 11.3. The van der Waals surface area contributed by atoms with Crippen molar-refractivity contribution in [2.24, 2.45) is 11.8 Å². The van der Waals surface area contributed by atoms with Gasteiger partial charge in [-0.25, -0.2) is 0 Å². The summed E-state index contributed by atoms with van der Waals surface area (Å²) >= 11 is 0. The van der Waals surface area contributed by atoms with Crippen LogP contribution in [0.1, 0.15) is 19.3 Å². The third-order valence-electron chi connectivity index (χ3n) is 4.30. The van der Waals surface area contributed by atoms with Crippen LogP contribution in [0.15, 0.2) is 18.2 Å². The van der Waals surface area contributed by atoms with E-state index in [0.29, 0.717) is 17.5 Å². The predicted octanol–water partition coefficient (Wildman–Crippen LogP) is 2.41. The Balaban J connectivity index is 1.93. The summed E-state index contributed by atoms with van der Waals surface area (Å²) in [6.45, 7) is 1.88. The molecule has 1 saturated carbocycles. The minimum absolute atomic E-state index is 0.0671. The zero-order valence-electron chi connectivity index (χ0n) is 10.2. The molecule has 3 rings (SSSR count). The van der Waals surface area contributed by atoms with Crippen molar-refractivity contribution >= 4 is 17.1 Å². The van der Waals surface area contributed by atoms with Crippen LogP contribution in [-0.4, -0.2) is 18.0 Å². The summed E-state index contributed by atoms with van der Waals surface area (Å²) in [6, 6.07) is 5.21. The van der Waals surface area contributed by atoms with Crippen LogP contribution in [0.5, 0.6) is 0 Å². The second-order valence-electron chi connectivity index (χ2n) is 5.33. The molecule has 2 atom stereocenters. The molecule has 1 aromatic carbocycles. The van der Waals surface area contributed by atoms with Gasteiger partial charge in [-0.05, 0) is 36.8 Å². The third kappa shape index (κ3) is 1.70. The highest BCUT2D eigenvalue weighted by Crippen LogP contribution is 2.43. The second-order valence-corrected chi connectivity index (χ2v) is 5.33. The number of nitrogens with two attached hydrogens (primary N) is 1. The maximum absolute atomic E-state index is 11.1. The molecule has 5 heteroatoms. The molecule has 2 unspecified atom stereocenters. The van der Waals surface area contributed by atoms with E-state index in [1.54, 1.807) is 12.1 Å². The minimum atomic E-state index is -0.362. The van der Waals surface area contributed by atoms with Gasteiger partial charge in [0.25, 0.3) is 0 Å². The molecule has 2 fully saturated rings. The van der Waals surface area contributed by atoms with Crippen LogP contribution in [0.25, 0.3) is 0 Å². The highest BCUT2D eigenvalue weighted by atomic mass is 16.6. The Labute approximate surface area is 106 Å². The van der Waals surface area contributed by atoms with E-state index in [2.05, 4.69) is 4.90 Å². The summed E-state index contributed by atoms with van der Waals surface area (Å²) in [5.74, 6) is 1.43. The molecule has 0 spiro atoms. The van der Waals surface area contributed by atoms with Crippen molar-refractivity contribution in [3.8, 4) is 0 Å². The number of rotatable bonds is 2. The third-order valence-corrected chi connectivity index (χ3v) is 4.30. The zero-order chi connectivity index (χ0) is 12.7. The van der Waals surface area contributed by atoms with E-state index < -0.39 is 0 Å². The largest absolute Gasteiger partial charge is 0.393 e. The van der Waals surface area contributed by atoms with Crippen molar-refractivity contribution in [3.63, 3.8) is 0 Å². The van der Waals surface area contributed by atoms with Gasteiger partial charge in [-0.15, -0.1) is 0 Å². The summed E-state index contributed by atoms with van der Waals surface area (Å²) < 4.78 is 0. The maximum Gasteiger partial charge on any atom is 0.315 e. The van der Waals surface area contributed by atoms with E-state index in [0.717, 1.165) is 13.1 Å². The molecule has 5 nitrogen and oxygen atoms in total. The molecule has 18 heavy (non-hydrogen) atoms. The van der Waals surface area contributed by atoms with Gasteiger partial charge in [0.15, 0.2) is 0 Å². The minimum Gasteiger partial charge on any atom is -0.393 e. The number of hydrogen-bond acceptors (Lipinski definition) is 4. The van der Waals surface area contributed by atoms with E-state index in [1.165, 1.54) is 19.3 Å². The monoisotopic (exact) mass is 247 g/mol. The zero-order valence-corrected chi connectivity index (χ0v) is 10.2. The number of hydrogen-bond donors (Lipinski definition) is 1. The van der Waals surface area contributed by atoms with Crippen molar-refractivity contribution in [1.82, 2.24) is 0 Å². The first-order valence-corrected chi connectivity index (χ1v) is 6.44. The van der Waals surface area contributed by atoms with E-state index in [4.69, 9.17) is 5.73 Å². The fourth-order valence-electron chi connectivity index (χ4n) is 3.43. The van der Waals surface area contributed by atoms with Gasteiger partial charge in [-0.3, -0.25) is 10.1 Å². The summed E-state index contributed by atoms with van der Waals surface area (Å²) in [4.78, 5) is 12.9. The fourth-order valence-corrected chi connectivity index (χ4v) is 3.43. The summed E-state index contributed by atoms with van der Waals surface area (Å²) in [6.07, 6.45) is 3.83. The van der Waals surface area contributed by atoms with Crippen LogP contribution >= 0.6 is 0 Å². The molecule has 1 aliphatic carbocycles. The van der Waals surface area contributed by atoms with Crippen LogP contribution in [0.2, 0.25) is 0 Å². The quantitative estimate of drug-likeness (QED) is 0.495. The smallest absolute Gasteiger partial charge is 0.315 e. The van der Waals surface area contributed by atoms with Gasteiger partial charge in [-0.1, -0.05) is 12.5 Å². The second kappa shape index (κ2) is 4.15. The number of nitro benzene ring substituents is 1. The molecular weight excluding hydrogens is 230 g/mol. The lowest BCUT2D eigenvalue weighted by Crippen LogP contribution is -2.22. The summed E-state index contributed by atoms with van der Waals surface area (Å²) in [5.41, 5.74) is 6.75. The molecule has 0 aromatic heterocycles. The van der Waals surface area contributed by atoms with Crippen molar-refractivity contribution in [3.05, 3.63) is 28.3 Å². The van der Waals surface area contributed by atoms with Crippen molar-refractivity contribution in [2.75, 3.05) is 23.7 Å². The van der Waals surface area contributed by atoms with Crippen LogP contribution in [0, 0.1) is 22.0 Å². The summed E-state index contributed by atoms with van der Waals surface area (Å²) in [7, 11) is 0. The van der Waals surface area contributed by atoms with Gasteiger partial charge in [0.05, 0.1) is 4.92 Å². The Morgan fingerprint density at radius 3 is 2.56 bits per heavy atom. The van der Waals surface area contributed by atoms with E-state index in [-0.39, 0.29) is 16.3 Å². The van der Waals surface area contributed by atoms with Crippen LogP contribution in [0.4, 0.5) is 17.1 Å². The molecule has 1 aliphatic heterocycles. The van der Waals surface area contributed by atoms with Gasteiger partial charge in [-0.2, -0.15) is 0 Å². The van der Waals surface area contributed by atoms with Crippen molar-refractivity contribution in [2.45, 2.75) is 19.3 Å². The molecule has 0 radical (unpaired) electrons. The molecule has 96 valence electrons. The molecular formula is C13H17N3O2.